The molecule has 0 saturated heterocycles. The van der Waals surface area contributed by atoms with Crippen molar-refractivity contribution >= 4 is 17.3 Å². The molecule has 84 valence electrons. The van der Waals surface area contributed by atoms with Gasteiger partial charge >= 0.3 is 5.97 Å². The molecule has 0 aromatic carbocycles. The minimum Gasteiger partial charge on any atom is -0.480 e. The summed E-state index contributed by atoms with van der Waals surface area (Å²) in [5.41, 5.74) is 1.02. The Morgan fingerprint density at radius 3 is 2.73 bits per heavy atom. The third-order valence-electron chi connectivity index (χ3n) is 1.88. The van der Waals surface area contributed by atoms with E-state index >= 15 is 0 Å². The number of carboxylic acids is 1. The van der Waals surface area contributed by atoms with Gasteiger partial charge in [-0.3, -0.25) is 0 Å². The lowest BCUT2D eigenvalue weighted by Crippen LogP contribution is -2.12. The third-order valence-corrected chi connectivity index (χ3v) is 3.14. The molecule has 5 heteroatoms. The van der Waals surface area contributed by atoms with E-state index in [1.165, 1.54) is 11.3 Å². The van der Waals surface area contributed by atoms with E-state index in [9.17, 15) is 9.90 Å². The quantitative estimate of drug-likeness (QED) is 0.804. The predicted octanol–water partition coefficient (Wildman–Crippen LogP) is 1.50. The van der Waals surface area contributed by atoms with Crippen LogP contribution < -0.4 is 0 Å². The van der Waals surface area contributed by atoms with Crippen molar-refractivity contribution in [2.75, 3.05) is 13.2 Å². The lowest BCUT2D eigenvalue weighted by atomic mass is 10.2. The van der Waals surface area contributed by atoms with Crippen molar-refractivity contribution in [2.24, 2.45) is 0 Å². The molecule has 1 heterocycles. The van der Waals surface area contributed by atoms with E-state index in [1.807, 2.05) is 19.9 Å². The van der Waals surface area contributed by atoms with Gasteiger partial charge in [-0.15, -0.1) is 11.3 Å². The summed E-state index contributed by atoms with van der Waals surface area (Å²) in [5, 5.41) is 18.1. The van der Waals surface area contributed by atoms with Gasteiger partial charge in [-0.1, -0.05) is 0 Å². The summed E-state index contributed by atoms with van der Waals surface area (Å²) >= 11 is 1.50. The summed E-state index contributed by atoms with van der Waals surface area (Å²) in [4.78, 5) is 12.2. The molecule has 0 spiro atoms. The Bertz CT molecular complexity index is 345. The maximum atomic E-state index is 10.2. The number of hydrogen-bond donors (Lipinski definition) is 2. The number of hydrogen-bond acceptors (Lipinski definition) is 4. The van der Waals surface area contributed by atoms with E-state index in [0.717, 1.165) is 15.3 Å². The number of thiophene rings is 1. The van der Waals surface area contributed by atoms with Crippen LogP contribution in [0.25, 0.3) is 0 Å². The zero-order valence-corrected chi connectivity index (χ0v) is 9.50. The van der Waals surface area contributed by atoms with Crippen molar-refractivity contribution in [3.63, 3.8) is 0 Å². The maximum absolute atomic E-state index is 10.2. The lowest BCUT2D eigenvalue weighted by Gasteiger charge is -2.09. The topological polar surface area (TPSA) is 66.8 Å². The molecule has 2 N–H and O–H groups in total. The molecule has 0 radical (unpaired) electrons. The Morgan fingerprint density at radius 2 is 2.27 bits per heavy atom. The molecule has 1 unspecified atom stereocenters. The van der Waals surface area contributed by atoms with Crippen LogP contribution >= 0.6 is 11.3 Å². The summed E-state index contributed by atoms with van der Waals surface area (Å²) in [7, 11) is 0. The minimum atomic E-state index is -1.03. The second-order valence-electron chi connectivity index (χ2n) is 3.33. The summed E-state index contributed by atoms with van der Waals surface area (Å²) in [6, 6.07) is 1.99. The summed E-state index contributed by atoms with van der Waals surface area (Å²) in [6.07, 6.45) is -0.733. The van der Waals surface area contributed by atoms with Crippen LogP contribution in [0.4, 0.5) is 0 Å². The van der Waals surface area contributed by atoms with E-state index < -0.39 is 12.1 Å². The maximum Gasteiger partial charge on any atom is 0.329 e. The molecule has 0 bridgehead atoms. The highest BCUT2D eigenvalue weighted by atomic mass is 32.1. The van der Waals surface area contributed by atoms with Crippen LogP contribution in [0.5, 0.6) is 0 Å². The fourth-order valence-electron chi connectivity index (χ4n) is 1.32. The first-order valence-corrected chi connectivity index (χ1v) is 5.37. The van der Waals surface area contributed by atoms with E-state index in [0.29, 0.717) is 0 Å². The van der Waals surface area contributed by atoms with Crippen molar-refractivity contribution in [3.05, 3.63) is 21.4 Å². The highest BCUT2D eigenvalue weighted by Crippen LogP contribution is 2.27. The van der Waals surface area contributed by atoms with Gasteiger partial charge in [0.25, 0.3) is 0 Å². The smallest absolute Gasteiger partial charge is 0.329 e. The van der Waals surface area contributed by atoms with E-state index in [-0.39, 0.29) is 13.2 Å². The Kier molecular flexibility index (Phi) is 4.26. The number of rotatable bonds is 5. The number of carbonyl (C=O) groups is 1. The van der Waals surface area contributed by atoms with Crippen LogP contribution in [-0.2, 0) is 9.53 Å². The van der Waals surface area contributed by atoms with Gasteiger partial charge in [-0.2, -0.15) is 0 Å². The van der Waals surface area contributed by atoms with Crippen LogP contribution in [-0.4, -0.2) is 29.4 Å². The molecule has 1 aromatic heterocycles. The fraction of sp³-hybridized carbons (Fsp3) is 0.500. The van der Waals surface area contributed by atoms with E-state index in [4.69, 9.17) is 9.84 Å². The first-order valence-electron chi connectivity index (χ1n) is 4.55. The monoisotopic (exact) mass is 230 g/mol. The van der Waals surface area contributed by atoms with Crippen LogP contribution in [0.2, 0.25) is 0 Å². The predicted molar refractivity (Wildman–Crippen MR) is 57.2 cm³/mol. The van der Waals surface area contributed by atoms with Gasteiger partial charge in [0.05, 0.1) is 6.61 Å². The number of carboxylic acid groups (broad SMARTS) is 1. The van der Waals surface area contributed by atoms with Crippen molar-refractivity contribution < 1.29 is 19.7 Å². The van der Waals surface area contributed by atoms with Gasteiger partial charge < -0.3 is 14.9 Å². The summed E-state index contributed by atoms with van der Waals surface area (Å²) in [5.74, 6) is -1.03. The van der Waals surface area contributed by atoms with Gasteiger partial charge in [0.1, 0.15) is 12.7 Å². The van der Waals surface area contributed by atoms with Crippen LogP contribution in [0.15, 0.2) is 6.07 Å². The van der Waals surface area contributed by atoms with E-state index in [1.54, 1.807) is 0 Å². The number of aliphatic hydroxyl groups is 1. The van der Waals surface area contributed by atoms with Crippen LogP contribution in [0, 0.1) is 13.8 Å². The average Bonchev–Trinajstić information content (AvgIpc) is 2.44. The third kappa shape index (κ3) is 3.62. The Hall–Kier alpha value is -0.910. The largest absolute Gasteiger partial charge is 0.480 e. The molecule has 1 rings (SSSR count). The summed E-state index contributed by atoms with van der Waals surface area (Å²) < 4.78 is 4.83. The second-order valence-corrected chi connectivity index (χ2v) is 4.62. The first-order chi connectivity index (χ1) is 7.00. The van der Waals surface area contributed by atoms with Crippen molar-refractivity contribution in [3.8, 4) is 0 Å². The molecule has 0 aliphatic carbocycles. The molecular weight excluding hydrogens is 216 g/mol. The molecular formula is C10H14O4S. The number of aliphatic hydroxyl groups excluding tert-OH is 1. The number of ether oxygens (including phenoxy) is 1. The molecule has 4 nitrogen and oxygen atoms in total. The molecule has 0 aliphatic heterocycles. The van der Waals surface area contributed by atoms with Gasteiger partial charge in [-0.05, 0) is 25.5 Å². The van der Waals surface area contributed by atoms with Gasteiger partial charge in [0, 0.05) is 9.75 Å². The lowest BCUT2D eigenvalue weighted by molar-refractivity contribution is -0.143. The Morgan fingerprint density at radius 1 is 1.60 bits per heavy atom. The zero-order valence-electron chi connectivity index (χ0n) is 8.69. The van der Waals surface area contributed by atoms with E-state index in [2.05, 4.69) is 0 Å². The molecule has 0 amide bonds. The van der Waals surface area contributed by atoms with Gasteiger partial charge in [0.2, 0.25) is 0 Å². The molecule has 0 fully saturated rings. The normalized spacial score (nSPS) is 12.7. The highest BCUT2D eigenvalue weighted by Gasteiger charge is 2.13. The number of aliphatic carboxylic acids is 1. The van der Waals surface area contributed by atoms with Crippen LogP contribution in [0.1, 0.15) is 21.4 Å². The Balaban J connectivity index is 2.50. The average molecular weight is 230 g/mol. The molecule has 1 atom stereocenters. The minimum absolute atomic E-state index is 0.0209. The second kappa shape index (κ2) is 5.25. The highest BCUT2D eigenvalue weighted by molar-refractivity contribution is 7.12. The number of aryl methyl sites for hydroxylation is 2. The summed E-state index contributed by atoms with van der Waals surface area (Å²) in [6.45, 7) is 3.53. The zero-order chi connectivity index (χ0) is 11.4. The van der Waals surface area contributed by atoms with Crippen molar-refractivity contribution in [1.82, 2.24) is 0 Å². The fourth-order valence-corrected chi connectivity index (χ4v) is 2.33. The molecule has 15 heavy (non-hydrogen) atoms. The van der Waals surface area contributed by atoms with Crippen molar-refractivity contribution in [1.29, 1.82) is 0 Å². The Labute approximate surface area is 92.1 Å². The molecule has 1 aromatic rings. The first kappa shape index (κ1) is 12.2. The van der Waals surface area contributed by atoms with Crippen LogP contribution in [0.3, 0.4) is 0 Å². The van der Waals surface area contributed by atoms with Gasteiger partial charge in [0.15, 0.2) is 0 Å². The molecule has 0 aliphatic rings. The standard InChI is InChI=1S/C10H14O4S/c1-6-3-7(2)15-10(6)8(11)4-14-5-9(12)13/h3,8,11H,4-5H2,1-2H3,(H,12,13). The SMILES string of the molecule is Cc1cc(C)c(C(O)COCC(=O)O)s1. The van der Waals surface area contributed by atoms with Gasteiger partial charge in [-0.25, -0.2) is 4.79 Å². The van der Waals surface area contributed by atoms with Crippen molar-refractivity contribution in [2.45, 2.75) is 20.0 Å². The molecule has 0 saturated carbocycles.